The minimum atomic E-state index is 0.897. The zero-order valence-corrected chi connectivity index (χ0v) is 12.2. The normalized spacial score (nSPS) is 10.4. The maximum atomic E-state index is 4.60. The van der Waals surface area contributed by atoms with E-state index in [1.165, 1.54) is 5.56 Å². The van der Waals surface area contributed by atoms with Crippen LogP contribution in [0.3, 0.4) is 0 Å². The van der Waals surface area contributed by atoms with Gasteiger partial charge in [-0.15, -0.1) is 11.8 Å². The zero-order valence-electron chi connectivity index (χ0n) is 11.4. The van der Waals surface area contributed by atoms with Crippen molar-refractivity contribution in [3.8, 4) is 0 Å². The van der Waals surface area contributed by atoms with Gasteiger partial charge in [-0.25, -0.2) is 9.97 Å². The third-order valence-electron chi connectivity index (χ3n) is 2.71. The Kier molecular flexibility index (Phi) is 5.21. The first-order valence-corrected chi connectivity index (χ1v) is 7.53. The van der Waals surface area contributed by atoms with Crippen molar-refractivity contribution in [2.75, 3.05) is 12.4 Å². The van der Waals surface area contributed by atoms with Gasteiger partial charge in [-0.2, -0.15) is 0 Å². The molecule has 0 aliphatic rings. The number of anilines is 1. The Bertz CT molecular complexity index is 514. The summed E-state index contributed by atoms with van der Waals surface area (Å²) in [5.41, 5.74) is 1.31. The molecule has 1 aromatic heterocycles. The zero-order chi connectivity index (χ0) is 13.5. The summed E-state index contributed by atoms with van der Waals surface area (Å²) in [6, 6.07) is 12.5. The van der Waals surface area contributed by atoms with Crippen LogP contribution in [0.2, 0.25) is 0 Å². The minimum Gasteiger partial charge on any atom is -0.373 e. The quantitative estimate of drug-likeness (QED) is 0.642. The highest BCUT2D eigenvalue weighted by molar-refractivity contribution is 7.98. The van der Waals surface area contributed by atoms with Crippen molar-refractivity contribution in [2.24, 2.45) is 0 Å². The topological polar surface area (TPSA) is 37.8 Å². The van der Waals surface area contributed by atoms with Crippen LogP contribution in [0.1, 0.15) is 24.7 Å². The highest BCUT2D eigenvalue weighted by Crippen LogP contribution is 2.23. The molecule has 0 spiro atoms. The molecule has 0 aliphatic carbocycles. The lowest BCUT2D eigenvalue weighted by atomic mass is 10.2. The van der Waals surface area contributed by atoms with Gasteiger partial charge in [-0.1, -0.05) is 37.3 Å². The van der Waals surface area contributed by atoms with Gasteiger partial charge in [0.15, 0.2) is 0 Å². The maximum absolute atomic E-state index is 4.60. The van der Waals surface area contributed by atoms with Crippen LogP contribution in [0.5, 0.6) is 0 Å². The van der Waals surface area contributed by atoms with E-state index in [-0.39, 0.29) is 0 Å². The molecule has 0 unspecified atom stereocenters. The number of nitrogens with zero attached hydrogens (tertiary/aromatic N) is 2. The smallest absolute Gasteiger partial charge is 0.132 e. The van der Waals surface area contributed by atoms with E-state index in [1.54, 1.807) is 11.8 Å². The lowest BCUT2D eigenvalue weighted by Crippen LogP contribution is -2.01. The SMILES string of the molecule is CCCc1nc(NC)cc(SCc2ccccc2)n1. The maximum Gasteiger partial charge on any atom is 0.132 e. The van der Waals surface area contributed by atoms with Gasteiger partial charge in [0.25, 0.3) is 0 Å². The third-order valence-corrected chi connectivity index (χ3v) is 3.69. The van der Waals surface area contributed by atoms with Gasteiger partial charge in [0.05, 0.1) is 0 Å². The summed E-state index contributed by atoms with van der Waals surface area (Å²) >= 11 is 1.75. The molecule has 100 valence electrons. The van der Waals surface area contributed by atoms with E-state index in [1.807, 2.05) is 19.2 Å². The molecule has 1 heterocycles. The molecule has 2 rings (SSSR count). The van der Waals surface area contributed by atoms with Crippen molar-refractivity contribution in [3.63, 3.8) is 0 Å². The fourth-order valence-corrected chi connectivity index (χ4v) is 2.61. The van der Waals surface area contributed by atoms with Crippen molar-refractivity contribution < 1.29 is 0 Å². The van der Waals surface area contributed by atoms with Crippen molar-refractivity contribution in [2.45, 2.75) is 30.5 Å². The second-order valence-corrected chi connectivity index (χ2v) is 5.28. The number of hydrogen-bond donors (Lipinski definition) is 1. The summed E-state index contributed by atoms with van der Waals surface area (Å²) in [6.07, 6.45) is 1.99. The summed E-state index contributed by atoms with van der Waals surface area (Å²) in [7, 11) is 1.89. The van der Waals surface area contributed by atoms with E-state index < -0.39 is 0 Å². The van der Waals surface area contributed by atoms with Crippen LogP contribution < -0.4 is 5.32 Å². The Morgan fingerprint density at radius 3 is 2.63 bits per heavy atom. The molecule has 19 heavy (non-hydrogen) atoms. The molecule has 0 amide bonds. The monoisotopic (exact) mass is 273 g/mol. The Morgan fingerprint density at radius 2 is 1.95 bits per heavy atom. The Balaban J connectivity index is 2.08. The second kappa shape index (κ2) is 7.14. The fraction of sp³-hybridized carbons (Fsp3) is 0.333. The van der Waals surface area contributed by atoms with E-state index in [9.17, 15) is 0 Å². The van der Waals surface area contributed by atoms with Gasteiger partial charge in [-0.3, -0.25) is 0 Å². The fourth-order valence-electron chi connectivity index (χ4n) is 1.74. The summed E-state index contributed by atoms with van der Waals surface area (Å²) in [6.45, 7) is 2.15. The number of rotatable bonds is 6. The number of aryl methyl sites for hydroxylation is 1. The van der Waals surface area contributed by atoms with E-state index in [2.05, 4.69) is 46.5 Å². The van der Waals surface area contributed by atoms with Crippen molar-refractivity contribution in [1.29, 1.82) is 0 Å². The van der Waals surface area contributed by atoms with Crippen molar-refractivity contribution in [3.05, 3.63) is 47.8 Å². The Morgan fingerprint density at radius 1 is 1.16 bits per heavy atom. The van der Waals surface area contributed by atoms with Crippen LogP contribution in [-0.2, 0) is 12.2 Å². The molecule has 1 N–H and O–H groups in total. The minimum absolute atomic E-state index is 0.897. The molecule has 0 saturated heterocycles. The van der Waals surface area contributed by atoms with Crippen LogP contribution in [0.15, 0.2) is 41.4 Å². The molecule has 0 aliphatic heterocycles. The van der Waals surface area contributed by atoms with Crippen molar-refractivity contribution >= 4 is 17.6 Å². The lowest BCUT2D eigenvalue weighted by Gasteiger charge is -2.07. The molecular formula is C15H19N3S. The number of benzene rings is 1. The van der Waals surface area contributed by atoms with Gasteiger partial charge in [0, 0.05) is 25.3 Å². The Labute approximate surface area is 118 Å². The summed E-state index contributed by atoms with van der Waals surface area (Å²) < 4.78 is 0. The number of aromatic nitrogens is 2. The van der Waals surface area contributed by atoms with Gasteiger partial charge in [0.2, 0.25) is 0 Å². The van der Waals surface area contributed by atoms with E-state index >= 15 is 0 Å². The first-order chi connectivity index (χ1) is 9.31. The molecule has 1 aromatic carbocycles. The predicted octanol–water partition coefficient (Wildman–Crippen LogP) is 3.76. The summed E-state index contributed by atoms with van der Waals surface area (Å²) in [5.74, 6) is 2.76. The molecule has 0 radical (unpaired) electrons. The van der Waals surface area contributed by atoms with Crippen LogP contribution in [-0.4, -0.2) is 17.0 Å². The Hall–Kier alpha value is -1.55. The first-order valence-electron chi connectivity index (χ1n) is 6.54. The molecular weight excluding hydrogens is 254 g/mol. The summed E-state index contributed by atoms with van der Waals surface area (Å²) in [5, 5.41) is 4.13. The number of hydrogen-bond acceptors (Lipinski definition) is 4. The van der Waals surface area contributed by atoms with E-state index in [0.717, 1.165) is 35.3 Å². The standard InChI is InChI=1S/C15H19N3S/c1-3-7-13-17-14(16-2)10-15(18-13)19-11-12-8-5-4-6-9-12/h4-6,8-10H,3,7,11H2,1-2H3,(H,16,17,18). The highest BCUT2D eigenvalue weighted by Gasteiger charge is 2.04. The molecule has 0 fully saturated rings. The van der Waals surface area contributed by atoms with Crippen molar-refractivity contribution in [1.82, 2.24) is 9.97 Å². The summed E-state index contributed by atoms with van der Waals surface area (Å²) in [4.78, 5) is 9.06. The lowest BCUT2D eigenvalue weighted by molar-refractivity contribution is 0.811. The molecule has 4 heteroatoms. The first kappa shape index (κ1) is 13.9. The molecule has 0 bridgehead atoms. The van der Waals surface area contributed by atoms with Gasteiger partial charge >= 0.3 is 0 Å². The highest BCUT2D eigenvalue weighted by atomic mass is 32.2. The number of nitrogens with one attached hydrogen (secondary N) is 1. The van der Waals surface area contributed by atoms with Gasteiger partial charge < -0.3 is 5.32 Å². The molecule has 2 aromatic rings. The largest absolute Gasteiger partial charge is 0.373 e. The average Bonchev–Trinajstić information content (AvgIpc) is 2.46. The van der Waals surface area contributed by atoms with E-state index in [0.29, 0.717) is 0 Å². The predicted molar refractivity (Wildman–Crippen MR) is 81.6 cm³/mol. The van der Waals surface area contributed by atoms with E-state index in [4.69, 9.17) is 0 Å². The van der Waals surface area contributed by atoms with Crippen LogP contribution in [0.4, 0.5) is 5.82 Å². The second-order valence-electron chi connectivity index (χ2n) is 4.28. The molecule has 3 nitrogen and oxygen atoms in total. The van der Waals surface area contributed by atoms with Crippen LogP contribution >= 0.6 is 11.8 Å². The van der Waals surface area contributed by atoms with Gasteiger partial charge in [-0.05, 0) is 12.0 Å². The van der Waals surface area contributed by atoms with Gasteiger partial charge in [0.1, 0.15) is 16.7 Å². The third kappa shape index (κ3) is 4.24. The van der Waals surface area contributed by atoms with Crippen LogP contribution in [0, 0.1) is 0 Å². The molecule has 0 atom stereocenters. The van der Waals surface area contributed by atoms with Crippen LogP contribution in [0.25, 0.3) is 0 Å². The number of thioether (sulfide) groups is 1. The molecule has 0 saturated carbocycles. The average molecular weight is 273 g/mol.